The predicted octanol–water partition coefficient (Wildman–Crippen LogP) is 2.44. The van der Waals surface area contributed by atoms with E-state index in [0.29, 0.717) is 24.8 Å². The summed E-state index contributed by atoms with van der Waals surface area (Å²) in [5.74, 6) is 0.308. The van der Waals surface area contributed by atoms with E-state index < -0.39 is 0 Å². The largest absolute Gasteiger partial charge is 0.378 e. The van der Waals surface area contributed by atoms with E-state index in [1.807, 2.05) is 30.3 Å². The quantitative estimate of drug-likeness (QED) is 0.935. The van der Waals surface area contributed by atoms with E-state index in [0.717, 1.165) is 30.2 Å². The van der Waals surface area contributed by atoms with Crippen LogP contribution in [0.5, 0.6) is 0 Å². The molecule has 6 heteroatoms. The van der Waals surface area contributed by atoms with Crippen LogP contribution in [-0.4, -0.2) is 42.4 Å². The average molecular weight is 324 g/mol. The summed E-state index contributed by atoms with van der Waals surface area (Å²) in [6.45, 7) is 3.05. The molecule has 0 radical (unpaired) electrons. The van der Waals surface area contributed by atoms with E-state index in [-0.39, 0.29) is 5.91 Å². The van der Waals surface area contributed by atoms with Crippen molar-refractivity contribution in [2.45, 2.75) is 18.8 Å². The highest BCUT2D eigenvalue weighted by Crippen LogP contribution is 2.38. The zero-order chi connectivity index (χ0) is 16.4. The Morgan fingerprint density at radius 2 is 1.88 bits per heavy atom. The van der Waals surface area contributed by atoms with Gasteiger partial charge in [-0.3, -0.25) is 4.79 Å². The highest BCUT2D eigenvalue weighted by atomic mass is 16.5. The van der Waals surface area contributed by atoms with Gasteiger partial charge in [-0.1, -0.05) is 12.1 Å². The number of ether oxygens (including phenoxy) is 1. The van der Waals surface area contributed by atoms with Crippen LogP contribution in [0.1, 0.15) is 34.9 Å². The van der Waals surface area contributed by atoms with E-state index in [9.17, 15) is 4.79 Å². The predicted molar refractivity (Wildman–Crippen MR) is 91.4 cm³/mol. The topological polar surface area (TPSA) is 67.4 Å². The summed E-state index contributed by atoms with van der Waals surface area (Å²) >= 11 is 0. The molecule has 1 aromatic carbocycles. The molecule has 124 valence electrons. The van der Waals surface area contributed by atoms with Gasteiger partial charge >= 0.3 is 0 Å². The average Bonchev–Trinajstić information content (AvgIpc) is 3.48. The fourth-order valence-corrected chi connectivity index (χ4v) is 2.91. The maximum Gasteiger partial charge on any atom is 0.276 e. The third kappa shape index (κ3) is 3.23. The first-order valence-electron chi connectivity index (χ1n) is 8.38. The Morgan fingerprint density at radius 1 is 1.08 bits per heavy atom. The maximum atomic E-state index is 12.5. The van der Waals surface area contributed by atoms with Gasteiger partial charge in [-0.2, -0.15) is 5.10 Å². The number of hydrogen-bond donors (Lipinski definition) is 1. The molecule has 0 atom stereocenters. The van der Waals surface area contributed by atoms with Crippen molar-refractivity contribution in [1.82, 2.24) is 10.2 Å². The molecule has 24 heavy (non-hydrogen) atoms. The van der Waals surface area contributed by atoms with Gasteiger partial charge in [0.05, 0.1) is 30.3 Å². The lowest BCUT2D eigenvalue weighted by molar-refractivity contribution is 0.102. The Labute approximate surface area is 140 Å². The van der Waals surface area contributed by atoms with Crippen LogP contribution >= 0.6 is 0 Å². The second-order valence-electron chi connectivity index (χ2n) is 6.19. The normalized spacial score (nSPS) is 17.6. The molecule has 2 aliphatic rings. The summed E-state index contributed by atoms with van der Waals surface area (Å²) < 4.78 is 5.40. The maximum absolute atomic E-state index is 12.5. The number of amides is 1. The molecule has 0 spiro atoms. The van der Waals surface area contributed by atoms with Crippen molar-refractivity contribution in [3.05, 3.63) is 47.8 Å². The summed E-state index contributed by atoms with van der Waals surface area (Å²) in [6.07, 6.45) is 2.35. The van der Waals surface area contributed by atoms with E-state index in [4.69, 9.17) is 4.74 Å². The standard InChI is InChI=1S/C18H20N4O2/c23-18(16-8-7-14(20-21-16)13-5-6-13)19-15-3-1-2-4-17(15)22-9-11-24-12-10-22/h1-4,7-8,13H,5-6,9-12H2,(H,19,23). The molecule has 1 aliphatic carbocycles. The molecule has 1 amide bonds. The van der Waals surface area contributed by atoms with Crippen molar-refractivity contribution >= 4 is 17.3 Å². The molecule has 1 aromatic heterocycles. The number of nitrogens with one attached hydrogen (secondary N) is 1. The minimum Gasteiger partial charge on any atom is -0.378 e. The number of morpholine rings is 1. The van der Waals surface area contributed by atoms with Gasteiger partial charge in [0.25, 0.3) is 5.91 Å². The highest BCUT2D eigenvalue weighted by Gasteiger charge is 2.25. The summed E-state index contributed by atoms with van der Waals surface area (Å²) in [6, 6.07) is 11.5. The molecule has 6 nitrogen and oxygen atoms in total. The summed E-state index contributed by atoms with van der Waals surface area (Å²) in [4.78, 5) is 14.7. The van der Waals surface area contributed by atoms with Crippen molar-refractivity contribution < 1.29 is 9.53 Å². The van der Waals surface area contributed by atoms with Gasteiger partial charge in [0, 0.05) is 19.0 Å². The number of hydrogen-bond acceptors (Lipinski definition) is 5. The molecular weight excluding hydrogens is 304 g/mol. The molecule has 2 aromatic rings. The minimum absolute atomic E-state index is 0.231. The highest BCUT2D eigenvalue weighted by molar-refractivity contribution is 6.04. The van der Waals surface area contributed by atoms with E-state index in [1.165, 1.54) is 12.8 Å². The van der Waals surface area contributed by atoms with Gasteiger partial charge in [-0.05, 0) is 37.1 Å². The van der Waals surface area contributed by atoms with Crippen LogP contribution in [0.3, 0.4) is 0 Å². The first-order valence-corrected chi connectivity index (χ1v) is 8.38. The van der Waals surface area contributed by atoms with Gasteiger partial charge in [0.2, 0.25) is 0 Å². The first kappa shape index (κ1) is 15.1. The Kier molecular flexibility index (Phi) is 4.13. The Bertz CT molecular complexity index is 722. The third-order valence-corrected chi connectivity index (χ3v) is 4.42. The monoisotopic (exact) mass is 324 g/mol. The Balaban J connectivity index is 1.50. The van der Waals surface area contributed by atoms with Gasteiger partial charge in [0.15, 0.2) is 5.69 Å². The van der Waals surface area contributed by atoms with Crippen LogP contribution in [0.2, 0.25) is 0 Å². The van der Waals surface area contributed by atoms with Crippen LogP contribution in [0.4, 0.5) is 11.4 Å². The Morgan fingerprint density at radius 3 is 2.58 bits per heavy atom. The second kappa shape index (κ2) is 6.57. The van der Waals surface area contributed by atoms with Crippen LogP contribution in [-0.2, 0) is 4.74 Å². The van der Waals surface area contributed by atoms with Gasteiger partial charge in [-0.15, -0.1) is 5.10 Å². The number of nitrogens with zero attached hydrogens (tertiary/aromatic N) is 3. The summed E-state index contributed by atoms with van der Waals surface area (Å²) in [5.41, 5.74) is 3.13. The van der Waals surface area contributed by atoms with E-state index in [1.54, 1.807) is 6.07 Å². The molecule has 1 saturated carbocycles. The van der Waals surface area contributed by atoms with Crippen LogP contribution in [0.25, 0.3) is 0 Å². The molecule has 1 N–H and O–H groups in total. The van der Waals surface area contributed by atoms with Gasteiger partial charge in [0.1, 0.15) is 0 Å². The van der Waals surface area contributed by atoms with E-state index >= 15 is 0 Å². The first-order chi connectivity index (χ1) is 11.8. The molecule has 0 bridgehead atoms. The molecule has 1 saturated heterocycles. The van der Waals surface area contributed by atoms with Gasteiger partial charge in [-0.25, -0.2) is 0 Å². The Hall–Kier alpha value is -2.47. The number of carbonyl (C=O) groups is 1. The van der Waals surface area contributed by atoms with Crippen LogP contribution < -0.4 is 10.2 Å². The van der Waals surface area contributed by atoms with Crippen molar-refractivity contribution in [3.8, 4) is 0 Å². The van der Waals surface area contributed by atoms with Crippen LogP contribution in [0.15, 0.2) is 36.4 Å². The second-order valence-corrected chi connectivity index (χ2v) is 6.19. The number of benzene rings is 1. The SMILES string of the molecule is O=C(Nc1ccccc1N1CCOCC1)c1ccc(C2CC2)nn1. The lowest BCUT2D eigenvalue weighted by Crippen LogP contribution is -2.36. The van der Waals surface area contributed by atoms with E-state index in [2.05, 4.69) is 20.4 Å². The number of para-hydroxylation sites is 2. The number of rotatable bonds is 4. The number of anilines is 2. The third-order valence-electron chi connectivity index (χ3n) is 4.42. The lowest BCUT2D eigenvalue weighted by atomic mass is 10.2. The number of carbonyl (C=O) groups excluding carboxylic acids is 1. The molecule has 4 rings (SSSR count). The smallest absolute Gasteiger partial charge is 0.276 e. The minimum atomic E-state index is -0.231. The molecule has 2 heterocycles. The number of aromatic nitrogens is 2. The van der Waals surface area contributed by atoms with Crippen molar-refractivity contribution in [1.29, 1.82) is 0 Å². The van der Waals surface area contributed by atoms with Crippen molar-refractivity contribution in [2.75, 3.05) is 36.5 Å². The fraction of sp³-hybridized carbons (Fsp3) is 0.389. The fourth-order valence-electron chi connectivity index (χ4n) is 2.91. The molecule has 0 unspecified atom stereocenters. The molecule has 1 aliphatic heterocycles. The van der Waals surface area contributed by atoms with Crippen LogP contribution in [0, 0.1) is 0 Å². The molecule has 2 fully saturated rings. The lowest BCUT2D eigenvalue weighted by Gasteiger charge is -2.30. The molecular formula is C18H20N4O2. The zero-order valence-electron chi connectivity index (χ0n) is 13.4. The summed E-state index contributed by atoms with van der Waals surface area (Å²) in [5, 5.41) is 11.2. The summed E-state index contributed by atoms with van der Waals surface area (Å²) in [7, 11) is 0. The zero-order valence-corrected chi connectivity index (χ0v) is 13.4. The van der Waals surface area contributed by atoms with Crippen molar-refractivity contribution in [3.63, 3.8) is 0 Å². The van der Waals surface area contributed by atoms with Crippen molar-refractivity contribution in [2.24, 2.45) is 0 Å². The van der Waals surface area contributed by atoms with Gasteiger partial charge < -0.3 is 15.0 Å².